The maximum Gasteiger partial charge on any atom is 0.0125 e. The van der Waals surface area contributed by atoms with Crippen molar-refractivity contribution in [3.63, 3.8) is 0 Å². The summed E-state index contributed by atoms with van der Waals surface area (Å²) in [5.41, 5.74) is 6.49. The number of rotatable bonds is 14. The van der Waals surface area contributed by atoms with E-state index >= 15 is 0 Å². The molecule has 0 aromatic heterocycles. The summed E-state index contributed by atoms with van der Waals surface area (Å²) < 4.78 is 0. The van der Waals surface area contributed by atoms with Gasteiger partial charge in [0, 0.05) is 5.54 Å². The minimum Gasteiger partial charge on any atom is -0.325 e. The van der Waals surface area contributed by atoms with Gasteiger partial charge in [0.25, 0.3) is 0 Å². The van der Waals surface area contributed by atoms with Crippen LogP contribution in [-0.4, -0.2) is 5.54 Å². The molecular formula is C18H39N. The Hall–Kier alpha value is -0.0400. The highest BCUT2D eigenvalue weighted by Crippen LogP contribution is 2.20. The van der Waals surface area contributed by atoms with Gasteiger partial charge in [0.15, 0.2) is 0 Å². The average Bonchev–Trinajstić information content (AvgIpc) is 2.37. The third-order valence-electron chi connectivity index (χ3n) is 4.20. The first-order valence-electron chi connectivity index (χ1n) is 8.91. The molecule has 0 aromatic carbocycles. The van der Waals surface area contributed by atoms with Crippen LogP contribution in [0.4, 0.5) is 0 Å². The molecule has 0 aliphatic rings. The molecule has 0 fully saturated rings. The van der Waals surface area contributed by atoms with Crippen LogP contribution in [0.2, 0.25) is 0 Å². The van der Waals surface area contributed by atoms with Crippen molar-refractivity contribution < 1.29 is 0 Å². The van der Waals surface area contributed by atoms with E-state index in [2.05, 4.69) is 20.8 Å². The lowest BCUT2D eigenvalue weighted by Crippen LogP contribution is -2.35. The minimum atomic E-state index is 0.0929. The van der Waals surface area contributed by atoms with Crippen LogP contribution in [0.3, 0.4) is 0 Å². The molecule has 0 aliphatic carbocycles. The quantitative estimate of drug-likeness (QED) is 0.373. The number of hydrogen-bond donors (Lipinski definition) is 1. The van der Waals surface area contributed by atoms with Gasteiger partial charge >= 0.3 is 0 Å². The topological polar surface area (TPSA) is 26.0 Å². The summed E-state index contributed by atoms with van der Waals surface area (Å²) in [6.07, 6.45) is 19.0. The summed E-state index contributed by atoms with van der Waals surface area (Å²) >= 11 is 0. The van der Waals surface area contributed by atoms with Crippen molar-refractivity contribution in [2.75, 3.05) is 0 Å². The first-order valence-corrected chi connectivity index (χ1v) is 8.91. The molecule has 0 rings (SSSR count). The molecule has 0 aliphatic heterocycles. The van der Waals surface area contributed by atoms with E-state index < -0.39 is 0 Å². The Morgan fingerprint density at radius 3 is 1.26 bits per heavy atom. The fourth-order valence-corrected chi connectivity index (χ4v) is 2.74. The van der Waals surface area contributed by atoms with Crippen LogP contribution in [0.15, 0.2) is 0 Å². The lowest BCUT2D eigenvalue weighted by atomic mass is 9.89. The van der Waals surface area contributed by atoms with E-state index in [9.17, 15) is 0 Å². The standard InChI is InChI=1S/C18H39N/c1-4-6-8-10-11-13-15-17-18(3,19)16-14-12-9-7-5-2/h4-17,19H2,1-3H3. The maximum atomic E-state index is 6.39. The molecule has 0 spiro atoms. The van der Waals surface area contributed by atoms with Crippen molar-refractivity contribution in [1.29, 1.82) is 0 Å². The minimum absolute atomic E-state index is 0.0929. The smallest absolute Gasteiger partial charge is 0.0125 e. The predicted octanol–water partition coefficient (Wildman–Crippen LogP) is 6.21. The molecule has 19 heavy (non-hydrogen) atoms. The summed E-state index contributed by atoms with van der Waals surface area (Å²) in [5, 5.41) is 0. The molecule has 0 amide bonds. The summed E-state index contributed by atoms with van der Waals surface area (Å²) in [7, 11) is 0. The summed E-state index contributed by atoms with van der Waals surface area (Å²) in [6, 6.07) is 0. The van der Waals surface area contributed by atoms with E-state index in [-0.39, 0.29) is 5.54 Å². The Labute approximate surface area is 122 Å². The second-order valence-corrected chi connectivity index (χ2v) is 6.69. The zero-order chi connectivity index (χ0) is 14.4. The summed E-state index contributed by atoms with van der Waals surface area (Å²) in [6.45, 7) is 6.80. The van der Waals surface area contributed by atoms with E-state index in [1.54, 1.807) is 0 Å². The van der Waals surface area contributed by atoms with Gasteiger partial charge < -0.3 is 5.73 Å². The zero-order valence-electron chi connectivity index (χ0n) is 14.0. The highest BCUT2D eigenvalue weighted by Gasteiger charge is 2.16. The Morgan fingerprint density at radius 1 is 0.579 bits per heavy atom. The van der Waals surface area contributed by atoms with Crippen LogP contribution in [0, 0.1) is 0 Å². The van der Waals surface area contributed by atoms with Crippen molar-refractivity contribution in [3.05, 3.63) is 0 Å². The van der Waals surface area contributed by atoms with Gasteiger partial charge in [-0.15, -0.1) is 0 Å². The zero-order valence-corrected chi connectivity index (χ0v) is 14.0. The fourth-order valence-electron chi connectivity index (χ4n) is 2.74. The van der Waals surface area contributed by atoms with Crippen molar-refractivity contribution in [1.82, 2.24) is 0 Å². The van der Waals surface area contributed by atoms with Crippen LogP contribution in [0.5, 0.6) is 0 Å². The van der Waals surface area contributed by atoms with E-state index in [4.69, 9.17) is 5.73 Å². The molecule has 1 atom stereocenters. The van der Waals surface area contributed by atoms with Gasteiger partial charge in [-0.2, -0.15) is 0 Å². The highest BCUT2D eigenvalue weighted by molar-refractivity contribution is 4.78. The third-order valence-corrected chi connectivity index (χ3v) is 4.20. The van der Waals surface area contributed by atoms with Gasteiger partial charge in [-0.3, -0.25) is 0 Å². The van der Waals surface area contributed by atoms with Crippen molar-refractivity contribution >= 4 is 0 Å². The van der Waals surface area contributed by atoms with Gasteiger partial charge in [0.05, 0.1) is 0 Å². The number of hydrogen-bond acceptors (Lipinski definition) is 1. The lowest BCUT2D eigenvalue weighted by molar-refractivity contribution is 0.364. The Bertz CT molecular complexity index is 175. The normalized spacial score (nSPS) is 14.5. The predicted molar refractivity (Wildman–Crippen MR) is 88.6 cm³/mol. The van der Waals surface area contributed by atoms with E-state index in [0.29, 0.717) is 0 Å². The molecule has 0 aromatic rings. The summed E-state index contributed by atoms with van der Waals surface area (Å²) in [4.78, 5) is 0. The number of unbranched alkanes of at least 4 members (excludes halogenated alkanes) is 10. The largest absolute Gasteiger partial charge is 0.325 e. The highest BCUT2D eigenvalue weighted by atomic mass is 14.7. The molecular weight excluding hydrogens is 230 g/mol. The molecule has 0 radical (unpaired) electrons. The van der Waals surface area contributed by atoms with Crippen LogP contribution < -0.4 is 5.73 Å². The molecule has 116 valence electrons. The van der Waals surface area contributed by atoms with Crippen LogP contribution >= 0.6 is 0 Å². The molecule has 0 saturated heterocycles. The SMILES string of the molecule is CCCCCCCCCC(C)(N)CCCCCCC. The van der Waals surface area contributed by atoms with Gasteiger partial charge in [-0.05, 0) is 19.8 Å². The van der Waals surface area contributed by atoms with Crippen LogP contribution in [-0.2, 0) is 0 Å². The monoisotopic (exact) mass is 269 g/mol. The van der Waals surface area contributed by atoms with Gasteiger partial charge in [-0.25, -0.2) is 0 Å². The Balaban J connectivity index is 3.35. The summed E-state index contributed by atoms with van der Waals surface area (Å²) in [5.74, 6) is 0. The molecule has 0 heterocycles. The van der Waals surface area contributed by atoms with Crippen molar-refractivity contribution in [2.24, 2.45) is 5.73 Å². The van der Waals surface area contributed by atoms with Crippen molar-refractivity contribution in [3.8, 4) is 0 Å². The number of nitrogens with two attached hydrogens (primary N) is 1. The third kappa shape index (κ3) is 14.2. The van der Waals surface area contributed by atoms with Gasteiger partial charge in [0.1, 0.15) is 0 Å². The second kappa shape index (κ2) is 13.0. The van der Waals surface area contributed by atoms with Crippen molar-refractivity contribution in [2.45, 2.75) is 116 Å². The molecule has 0 bridgehead atoms. The molecule has 1 heteroatoms. The molecule has 0 saturated carbocycles. The van der Waals surface area contributed by atoms with Gasteiger partial charge in [-0.1, -0.05) is 90.9 Å². The molecule has 1 unspecified atom stereocenters. The van der Waals surface area contributed by atoms with E-state index in [1.165, 1.54) is 89.9 Å². The Morgan fingerprint density at radius 2 is 0.895 bits per heavy atom. The fraction of sp³-hybridized carbons (Fsp3) is 1.00. The Kier molecular flexibility index (Phi) is 12.9. The first-order chi connectivity index (χ1) is 9.12. The van der Waals surface area contributed by atoms with Crippen LogP contribution in [0.25, 0.3) is 0 Å². The molecule has 1 nitrogen and oxygen atoms in total. The van der Waals surface area contributed by atoms with Gasteiger partial charge in [0.2, 0.25) is 0 Å². The first kappa shape index (κ1) is 19.0. The van der Waals surface area contributed by atoms with Crippen LogP contribution in [0.1, 0.15) is 111 Å². The van der Waals surface area contributed by atoms with E-state index in [1.807, 2.05) is 0 Å². The van der Waals surface area contributed by atoms with E-state index in [0.717, 1.165) is 0 Å². The average molecular weight is 270 g/mol. The molecule has 2 N–H and O–H groups in total. The lowest BCUT2D eigenvalue weighted by Gasteiger charge is -2.24. The maximum absolute atomic E-state index is 6.39. The second-order valence-electron chi connectivity index (χ2n) is 6.69.